The Hall–Kier alpha value is -1.72. The van der Waals surface area contributed by atoms with Gasteiger partial charge >= 0.3 is 12.1 Å². The monoisotopic (exact) mass is 275 g/mol. The number of carbonyl (C=O) groups is 1. The number of anilines is 1. The molecule has 0 spiro atoms. The van der Waals surface area contributed by atoms with Gasteiger partial charge in [-0.1, -0.05) is 12.1 Å². The van der Waals surface area contributed by atoms with Gasteiger partial charge in [0.25, 0.3) is 0 Å². The average molecular weight is 275 g/mol. The van der Waals surface area contributed by atoms with Crippen LogP contribution in [0, 0.1) is 0 Å². The highest BCUT2D eigenvalue weighted by Crippen LogP contribution is 2.36. The third kappa shape index (κ3) is 4.15. The minimum absolute atomic E-state index is 0.00875. The van der Waals surface area contributed by atoms with Gasteiger partial charge in [0.2, 0.25) is 0 Å². The van der Waals surface area contributed by atoms with E-state index < -0.39 is 17.7 Å². The molecule has 0 aliphatic rings. The Bertz CT molecular complexity index is 432. The van der Waals surface area contributed by atoms with Crippen LogP contribution in [0.25, 0.3) is 0 Å². The normalized spacial score (nSPS) is 11.2. The molecule has 0 fully saturated rings. The highest BCUT2D eigenvalue weighted by atomic mass is 19.4. The second kappa shape index (κ2) is 6.45. The maximum atomic E-state index is 12.9. The number of hydrogen-bond acceptors (Lipinski definition) is 3. The van der Waals surface area contributed by atoms with Crippen molar-refractivity contribution in [3.05, 3.63) is 29.8 Å². The van der Waals surface area contributed by atoms with Crippen LogP contribution in [0.4, 0.5) is 18.9 Å². The molecule has 0 atom stereocenters. The lowest BCUT2D eigenvalue weighted by molar-refractivity contribution is -0.142. The number of carbonyl (C=O) groups excluding carboxylic acids is 1. The van der Waals surface area contributed by atoms with E-state index in [-0.39, 0.29) is 25.4 Å². The minimum atomic E-state index is -4.45. The Labute approximate surface area is 110 Å². The summed E-state index contributed by atoms with van der Waals surface area (Å²) in [6.07, 6.45) is -4.45. The summed E-state index contributed by atoms with van der Waals surface area (Å²) >= 11 is 0. The summed E-state index contributed by atoms with van der Waals surface area (Å²) in [6, 6.07) is 5.19. The fraction of sp³-hybridized carbons (Fsp3) is 0.462. The van der Waals surface area contributed by atoms with Crippen molar-refractivity contribution in [2.45, 2.75) is 20.0 Å². The Morgan fingerprint density at radius 3 is 2.42 bits per heavy atom. The molecule has 0 N–H and O–H groups in total. The number of benzene rings is 1. The number of likely N-dealkylation sites (N-methyl/N-ethyl adjacent to an activating group) is 1. The lowest BCUT2D eigenvalue weighted by atomic mass is 10.1. The van der Waals surface area contributed by atoms with Gasteiger partial charge in [0, 0.05) is 12.2 Å². The SMILES string of the molecule is CCOC(=O)CN(CC)c1ccccc1C(F)(F)F. The molecule has 0 unspecified atom stereocenters. The predicted molar refractivity (Wildman–Crippen MR) is 66.0 cm³/mol. The molecule has 0 heterocycles. The van der Waals surface area contributed by atoms with Gasteiger partial charge in [-0.25, -0.2) is 0 Å². The molecule has 0 radical (unpaired) electrons. The molecule has 1 aromatic carbocycles. The number of nitrogens with zero attached hydrogens (tertiary/aromatic N) is 1. The smallest absolute Gasteiger partial charge is 0.418 e. The van der Waals surface area contributed by atoms with Crippen LogP contribution in [-0.2, 0) is 15.7 Å². The zero-order valence-electron chi connectivity index (χ0n) is 10.8. The van der Waals surface area contributed by atoms with Gasteiger partial charge in [-0.15, -0.1) is 0 Å². The third-order valence-electron chi connectivity index (χ3n) is 2.56. The van der Waals surface area contributed by atoms with Gasteiger partial charge in [-0.2, -0.15) is 13.2 Å². The molecule has 0 aromatic heterocycles. The van der Waals surface area contributed by atoms with Crippen LogP contribution in [0.2, 0.25) is 0 Å². The first-order valence-corrected chi connectivity index (χ1v) is 5.97. The third-order valence-corrected chi connectivity index (χ3v) is 2.56. The number of alkyl halides is 3. The van der Waals surface area contributed by atoms with Crippen molar-refractivity contribution < 1.29 is 22.7 Å². The lowest BCUT2D eigenvalue weighted by Gasteiger charge is -2.25. The second-order valence-electron chi connectivity index (χ2n) is 3.83. The van der Waals surface area contributed by atoms with E-state index in [0.29, 0.717) is 0 Å². The summed E-state index contributed by atoms with van der Waals surface area (Å²) in [5.74, 6) is -0.540. The quantitative estimate of drug-likeness (QED) is 0.773. The van der Waals surface area contributed by atoms with Crippen LogP contribution in [0.3, 0.4) is 0 Å². The lowest BCUT2D eigenvalue weighted by Crippen LogP contribution is -2.32. The zero-order chi connectivity index (χ0) is 14.5. The van der Waals surface area contributed by atoms with E-state index in [4.69, 9.17) is 4.74 Å². The summed E-state index contributed by atoms with van der Waals surface area (Å²) in [7, 11) is 0. The Balaban J connectivity index is 3.02. The van der Waals surface area contributed by atoms with Crippen molar-refractivity contribution >= 4 is 11.7 Å². The van der Waals surface area contributed by atoms with Crippen molar-refractivity contribution in [2.75, 3.05) is 24.6 Å². The van der Waals surface area contributed by atoms with Crippen molar-refractivity contribution in [2.24, 2.45) is 0 Å². The Morgan fingerprint density at radius 2 is 1.89 bits per heavy atom. The first-order chi connectivity index (χ1) is 8.90. The fourth-order valence-electron chi connectivity index (χ4n) is 1.72. The Morgan fingerprint density at radius 1 is 1.26 bits per heavy atom. The molecular weight excluding hydrogens is 259 g/mol. The van der Waals surface area contributed by atoms with E-state index in [1.54, 1.807) is 13.8 Å². The molecule has 106 valence electrons. The average Bonchev–Trinajstić information content (AvgIpc) is 2.35. The van der Waals surface area contributed by atoms with E-state index >= 15 is 0 Å². The largest absolute Gasteiger partial charge is 0.465 e. The van der Waals surface area contributed by atoms with Gasteiger partial charge in [-0.05, 0) is 26.0 Å². The van der Waals surface area contributed by atoms with Crippen LogP contribution >= 0.6 is 0 Å². The number of hydrogen-bond donors (Lipinski definition) is 0. The number of para-hydroxylation sites is 1. The summed E-state index contributed by atoms with van der Waals surface area (Å²) in [5.41, 5.74) is -0.758. The fourth-order valence-corrected chi connectivity index (χ4v) is 1.72. The summed E-state index contributed by atoms with van der Waals surface area (Å²) in [5, 5.41) is 0. The zero-order valence-corrected chi connectivity index (χ0v) is 10.8. The maximum absolute atomic E-state index is 12.9. The van der Waals surface area contributed by atoms with Gasteiger partial charge < -0.3 is 9.64 Å². The van der Waals surface area contributed by atoms with E-state index in [2.05, 4.69) is 0 Å². The topological polar surface area (TPSA) is 29.5 Å². The first-order valence-electron chi connectivity index (χ1n) is 5.97. The standard InChI is InChI=1S/C13H16F3NO2/c1-3-17(9-12(18)19-4-2)11-8-6-5-7-10(11)13(14,15)16/h5-8H,3-4,9H2,1-2H3. The number of rotatable bonds is 5. The number of ether oxygens (including phenoxy) is 1. The highest BCUT2D eigenvalue weighted by molar-refractivity contribution is 5.76. The van der Waals surface area contributed by atoms with Crippen LogP contribution in [0.15, 0.2) is 24.3 Å². The molecule has 6 heteroatoms. The van der Waals surface area contributed by atoms with Crippen LogP contribution in [-0.4, -0.2) is 25.7 Å². The molecule has 0 aliphatic carbocycles. The molecule has 19 heavy (non-hydrogen) atoms. The summed E-state index contributed by atoms with van der Waals surface area (Å²) in [6.45, 7) is 3.63. The van der Waals surface area contributed by atoms with E-state index in [1.807, 2.05) is 0 Å². The second-order valence-corrected chi connectivity index (χ2v) is 3.83. The van der Waals surface area contributed by atoms with Gasteiger partial charge in [0.1, 0.15) is 6.54 Å². The molecule has 0 amide bonds. The minimum Gasteiger partial charge on any atom is -0.465 e. The van der Waals surface area contributed by atoms with E-state index in [0.717, 1.165) is 6.07 Å². The molecule has 0 bridgehead atoms. The highest BCUT2D eigenvalue weighted by Gasteiger charge is 2.34. The van der Waals surface area contributed by atoms with Gasteiger partial charge in [0.15, 0.2) is 0 Å². The van der Waals surface area contributed by atoms with Gasteiger partial charge in [0.05, 0.1) is 12.2 Å². The molecule has 1 aromatic rings. The molecule has 0 saturated heterocycles. The van der Waals surface area contributed by atoms with Crippen molar-refractivity contribution in [1.82, 2.24) is 0 Å². The number of halogens is 3. The summed E-state index contributed by atoms with van der Waals surface area (Å²) < 4.78 is 43.4. The number of esters is 1. The maximum Gasteiger partial charge on any atom is 0.418 e. The van der Waals surface area contributed by atoms with E-state index in [9.17, 15) is 18.0 Å². The Kier molecular flexibility index (Phi) is 5.20. The molecule has 0 aliphatic heterocycles. The molecular formula is C13H16F3NO2. The molecule has 0 saturated carbocycles. The van der Waals surface area contributed by atoms with Crippen LogP contribution < -0.4 is 4.90 Å². The predicted octanol–water partition coefficient (Wildman–Crippen LogP) is 3.09. The van der Waals surface area contributed by atoms with Crippen molar-refractivity contribution in [3.63, 3.8) is 0 Å². The van der Waals surface area contributed by atoms with Crippen molar-refractivity contribution in [3.8, 4) is 0 Å². The van der Waals surface area contributed by atoms with Crippen LogP contribution in [0.1, 0.15) is 19.4 Å². The van der Waals surface area contributed by atoms with Crippen molar-refractivity contribution in [1.29, 1.82) is 0 Å². The van der Waals surface area contributed by atoms with Gasteiger partial charge in [-0.3, -0.25) is 4.79 Å². The first kappa shape index (κ1) is 15.3. The molecule has 1 rings (SSSR count). The summed E-state index contributed by atoms with van der Waals surface area (Å²) in [4.78, 5) is 12.7. The van der Waals surface area contributed by atoms with E-state index in [1.165, 1.54) is 23.1 Å². The molecule has 3 nitrogen and oxygen atoms in total. The van der Waals surface area contributed by atoms with Crippen LogP contribution in [0.5, 0.6) is 0 Å².